The standard InChI is InChI=1S/C12H16ClNO4/c1-17-7-9(18-2)6-14-11-5-8(13)3-4-10(11)12(15)16/h3-5,9,14H,6-7H2,1-2H3,(H,15,16). The number of ether oxygens (including phenoxy) is 2. The fraction of sp³-hybridized carbons (Fsp3) is 0.417. The number of hydrogen-bond acceptors (Lipinski definition) is 4. The highest BCUT2D eigenvalue weighted by molar-refractivity contribution is 6.31. The topological polar surface area (TPSA) is 67.8 Å². The lowest BCUT2D eigenvalue weighted by Crippen LogP contribution is -2.27. The third kappa shape index (κ3) is 4.18. The van der Waals surface area contributed by atoms with Crippen LogP contribution in [0.25, 0.3) is 0 Å². The van der Waals surface area contributed by atoms with Crippen LogP contribution >= 0.6 is 11.6 Å². The van der Waals surface area contributed by atoms with E-state index in [-0.39, 0.29) is 11.7 Å². The molecule has 0 fully saturated rings. The molecule has 0 bridgehead atoms. The summed E-state index contributed by atoms with van der Waals surface area (Å²) in [6, 6.07) is 4.58. The minimum absolute atomic E-state index is 0.157. The molecule has 0 aliphatic heterocycles. The van der Waals surface area contributed by atoms with Crippen LogP contribution in [0.15, 0.2) is 18.2 Å². The SMILES string of the molecule is COCC(CNc1cc(Cl)ccc1C(=O)O)OC. The number of aromatic carboxylic acids is 1. The van der Waals surface area contributed by atoms with E-state index in [1.807, 2.05) is 0 Å². The zero-order valence-electron chi connectivity index (χ0n) is 10.3. The number of benzene rings is 1. The zero-order chi connectivity index (χ0) is 13.5. The van der Waals surface area contributed by atoms with Crippen LogP contribution in [0.2, 0.25) is 5.02 Å². The normalized spacial score (nSPS) is 12.2. The second-order valence-corrected chi connectivity index (χ2v) is 4.13. The molecule has 0 spiro atoms. The summed E-state index contributed by atoms with van der Waals surface area (Å²) in [5.74, 6) is -1.00. The van der Waals surface area contributed by atoms with Crippen molar-refractivity contribution >= 4 is 23.3 Å². The van der Waals surface area contributed by atoms with Gasteiger partial charge < -0.3 is 19.9 Å². The van der Waals surface area contributed by atoms with E-state index in [0.717, 1.165) is 0 Å². The average Bonchev–Trinajstić information content (AvgIpc) is 2.34. The van der Waals surface area contributed by atoms with Gasteiger partial charge in [-0.25, -0.2) is 4.79 Å². The molecule has 1 aromatic carbocycles. The number of halogens is 1. The molecule has 0 aliphatic carbocycles. The lowest BCUT2D eigenvalue weighted by Gasteiger charge is -2.17. The van der Waals surface area contributed by atoms with Crippen LogP contribution in [-0.4, -0.2) is 44.6 Å². The number of methoxy groups -OCH3 is 2. The van der Waals surface area contributed by atoms with Gasteiger partial charge in [-0.1, -0.05) is 11.6 Å². The van der Waals surface area contributed by atoms with Gasteiger partial charge in [-0.2, -0.15) is 0 Å². The Balaban J connectivity index is 2.76. The Kier molecular flexibility index (Phi) is 5.91. The molecule has 0 heterocycles. The maximum atomic E-state index is 11.0. The first kappa shape index (κ1) is 14.8. The van der Waals surface area contributed by atoms with Crippen molar-refractivity contribution in [3.05, 3.63) is 28.8 Å². The molecule has 100 valence electrons. The zero-order valence-corrected chi connectivity index (χ0v) is 11.0. The van der Waals surface area contributed by atoms with Gasteiger partial charge in [-0.15, -0.1) is 0 Å². The van der Waals surface area contributed by atoms with Gasteiger partial charge in [-0.05, 0) is 18.2 Å². The van der Waals surface area contributed by atoms with Crippen molar-refractivity contribution in [2.24, 2.45) is 0 Å². The number of carboxylic acids is 1. The van der Waals surface area contributed by atoms with Crippen molar-refractivity contribution in [3.63, 3.8) is 0 Å². The Labute approximate surface area is 111 Å². The summed E-state index contributed by atoms with van der Waals surface area (Å²) in [4.78, 5) is 11.0. The Bertz CT molecular complexity index is 411. The molecule has 1 rings (SSSR count). The second kappa shape index (κ2) is 7.20. The van der Waals surface area contributed by atoms with E-state index in [0.29, 0.717) is 23.9 Å². The van der Waals surface area contributed by atoms with Crippen LogP contribution in [0.3, 0.4) is 0 Å². The van der Waals surface area contributed by atoms with E-state index >= 15 is 0 Å². The number of carbonyl (C=O) groups is 1. The quantitative estimate of drug-likeness (QED) is 0.796. The number of carboxylic acid groups (broad SMARTS) is 1. The summed E-state index contributed by atoms with van der Waals surface area (Å²) in [5, 5.41) is 12.5. The Hall–Kier alpha value is -1.30. The smallest absolute Gasteiger partial charge is 0.337 e. The molecule has 0 amide bonds. The largest absolute Gasteiger partial charge is 0.478 e. The number of rotatable bonds is 7. The summed E-state index contributed by atoms with van der Waals surface area (Å²) in [5.41, 5.74) is 0.639. The highest BCUT2D eigenvalue weighted by atomic mass is 35.5. The van der Waals surface area contributed by atoms with Crippen molar-refractivity contribution in [2.75, 3.05) is 32.7 Å². The summed E-state index contributed by atoms with van der Waals surface area (Å²) in [7, 11) is 3.15. The van der Waals surface area contributed by atoms with Gasteiger partial charge in [0.15, 0.2) is 0 Å². The Morgan fingerprint density at radius 1 is 1.50 bits per heavy atom. The molecule has 0 radical (unpaired) electrons. The van der Waals surface area contributed by atoms with Crippen LogP contribution in [0.4, 0.5) is 5.69 Å². The van der Waals surface area contributed by atoms with Crippen LogP contribution < -0.4 is 5.32 Å². The molecule has 5 nitrogen and oxygen atoms in total. The van der Waals surface area contributed by atoms with Gasteiger partial charge in [0, 0.05) is 25.8 Å². The first-order valence-corrected chi connectivity index (χ1v) is 5.74. The van der Waals surface area contributed by atoms with E-state index in [1.165, 1.54) is 6.07 Å². The van der Waals surface area contributed by atoms with Crippen molar-refractivity contribution in [3.8, 4) is 0 Å². The van der Waals surface area contributed by atoms with Gasteiger partial charge in [0.2, 0.25) is 0 Å². The van der Waals surface area contributed by atoms with Crippen LogP contribution in [0.5, 0.6) is 0 Å². The van der Waals surface area contributed by atoms with Crippen LogP contribution in [-0.2, 0) is 9.47 Å². The second-order valence-electron chi connectivity index (χ2n) is 3.69. The van der Waals surface area contributed by atoms with Gasteiger partial charge in [0.25, 0.3) is 0 Å². The minimum Gasteiger partial charge on any atom is -0.478 e. The number of nitrogens with one attached hydrogen (secondary N) is 1. The molecule has 0 saturated heterocycles. The highest BCUT2D eigenvalue weighted by Crippen LogP contribution is 2.21. The van der Waals surface area contributed by atoms with E-state index in [4.69, 9.17) is 26.2 Å². The van der Waals surface area contributed by atoms with Gasteiger partial charge in [-0.3, -0.25) is 0 Å². The first-order chi connectivity index (χ1) is 8.58. The predicted molar refractivity (Wildman–Crippen MR) is 69.6 cm³/mol. The summed E-state index contributed by atoms with van der Waals surface area (Å²) < 4.78 is 10.2. The van der Waals surface area contributed by atoms with Gasteiger partial charge in [0.1, 0.15) is 0 Å². The van der Waals surface area contributed by atoms with E-state index in [2.05, 4.69) is 5.32 Å². The van der Waals surface area contributed by atoms with Gasteiger partial charge >= 0.3 is 5.97 Å². The molecule has 18 heavy (non-hydrogen) atoms. The number of anilines is 1. The summed E-state index contributed by atoms with van der Waals surface area (Å²) in [6.45, 7) is 0.859. The minimum atomic E-state index is -1.00. The van der Waals surface area contributed by atoms with Crippen molar-refractivity contribution in [2.45, 2.75) is 6.10 Å². The first-order valence-electron chi connectivity index (χ1n) is 5.37. The molecule has 1 aromatic rings. The fourth-order valence-corrected chi connectivity index (χ4v) is 1.64. The van der Waals surface area contributed by atoms with Crippen molar-refractivity contribution < 1.29 is 19.4 Å². The lowest BCUT2D eigenvalue weighted by molar-refractivity contribution is 0.0365. The molecular weight excluding hydrogens is 258 g/mol. The highest BCUT2D eigenvalue weighted by Gasteiger charge is 2.12. The van der Waals surface area contributed by atoms with Gasteiger partial charge in [0.05, 0.1) is 24.0 Å². The maximum absolute atomic E-state index is 11.0. The molecule has 1 unspecified atom stereocenters. The van der Waals surface area contributed by atoms with E-state index in [1.54, 1.807) is 26.4 Å². The molecule has 2 N–H and O–H groups in total. The summed E-state index contributed by atoms with van der Waals surface area (Å²) in [6.07, 6.45) is -0.157. The molecule has 1 atom stereocenters. The third-order valence-corrected chi connectivity index (χ3v) is 2.65. The predicted octanol–water partition coefficient (Wildman–Crippen LogP) is 2.11. The van der Waals surface area contributed by atoms with Crippen molar-refractivity contribution in [1.82, 2.24) is 0 Å². The summed E-state index contributed by atoms with van der Waals surface area (Å²) >= 11 is 5.84. The Morgan fingerprint density at radius 2 is 2.22 bits per heavy atom. The molecule has 6 heteroatoms. The van der Waals surface area contributed by atoms with Crippen LogP contribution in [0, 0.1) is 0 Å². The number of hydrogen-bond donors (Lipinski definition) is 2. The third-order valence-electron chi connectivity index (χ3n) is 2.42. The monoisotopic (exact) mass is 273 g/mol. The lowest BCUT2D eigenvalue weighted by atomic mass is 10.1. The van der Waals surface area contributed by atoms with Crippen LogP contribution in [0.1, 0.15) is 10.4 Å². The van der Waals surface area contributed by atoms with E-state index in [9.17, 15) is 4.79 Å². The molecular formula is C12H16ClNO4. The molecule has 0 aliphatic rings. The average molecular weight is 274 g/mol. The maximum Gasteiger partial charge on any atom is 0.337 e. The Morgan fingerprint density at radius 3 is 2.78 bits per heavy atom. The molecule has 0 aromatic heterocycles. The van der Waals surface area contributed by atoms with E-state index < -0.39 is 5.97 Å². The fourth-order valence-electron chi connectivity index (χ4n) is 1.47. The molecule has 0 saturated carbocycles. The van der Waals surface area contributed by atoms with Crippen molar-refractivity contribution in [1.29, 1.82) is 0 Å².